The molecule has 1 aliphatic heterocycles. The Hall–Kier alpha value is -3.49. The largest absolute Gasteiger partial charge is 0.352 e. The topological polar surface area (TPSA) is 95.6 Å². The fourth-order valence-corrected chi connectivity index (χ4v) is 5.64. The minimum absolute atomic E-state index is 0.0305. The van der Waals surface area contributed by atoms with Crippen molar-refractivity contribution >= 4 is 21.8 Å². The predicted octanol–water partition coefficient (Wildman–Crippen LogP) is 4.63. The number of nitrogens with zero attached hydrogens (tertiary/aromatic N) is 1. The van der Waals surface area contributed by atoms with Gasteiger partial charge in [-0.25, -0.2) is 13.1 Å². The third-order valence-electron chi connectivity index (χ3n) is 7.16. The monoisotopic (exact) mass is 547 g/mol. The lowest BCUT2D eigenvalue weighted by Crippen LogP contribution is -2.42. The Morgan fingerprint density at radius 3 is 2.00 bits per heavy atom. The molecule has 1 saturated heterocycles. The number of piperidine rings is 1. The van der Waals surface area contributed by atoms with Gasteiger partial charge in [-0.2, -0.15) is 0 Å². The summed E-state index contributed by atoms with van der Waals surface area (Å²) in [5.74, 6) is -0.148. The zero-order valence-corrected chi connectivity index (χ0v) is 23.6. The maximum atomic E-state index is 13.0. The summed E-state index contributed by atoms with van der Waals surface area (Å²) in [5.41, 5.74) is 3.38. The maximum Gasteiger partial charge on any atom is 0.253 e. The van der Waals surface area contributed by atoms with Crippen LogP contribution in [0.25, 0.3) is 0 Å². The highest BCUT2D eigenvalue weighted by atomic mass is 32.2. The summed E-state index contributed by atoms with van der Waals surface area (Å²) in [6.07, 6.45) is 1.26. The lowest BCUT2D eigenvalue weighted by molar-refractivity contribution is -0.126. The number of benzene rings is 3. The second-order valence-corrected chi connectivity index (χ2v) is 12.8. The van der Waals surface area contributed by atoms with Crippen molar-refractivity contribution in [1.82, 2.24) is 14.9 Å². The molecule has 8 heteroatoms. The number of rotatable bonds is 8. The third kappa shape index (κ3) is 7.55. The molecule has 7 nitrogen and oxygen atoms in total. The second-order valence-electron chi connectivity index (χ2n) is 11.1. The number of nitrogens with one attached hydrogen (secondary N) is 2. The lowest BCUT2D eigenvalue weighted by Gasteiger charge is -2.31. The first-order valence-corrected chi connectivity index (χ1v) is 14.8. The second kappa shape index (κ2) is 12.1. The zero-order valence-electron chi connectivity index (χ0n) is 22.8. The molecule has 39 heavy (non-hydrogen) atoms. The lowest BCUT2D eigenvalue weighted by atomic mass is 9.87. The first kappa shape index (κ1) is 28.5. The van der Waals surface area contributed by atoms with Gasteiger partial charge in [0.25, 0.3) is 5.91 Å². The molecule has 2 N–H and O–H groups in total. The molecule has 0 unspecified atom stereocenters. The van der Waals surface area contributed by atoms with E-state index in [9.17, 15) is 18.0 Å². The zero-order chi connectivity index (χ0) is 28.0. The number of hydrogen-bond acceptors (Lipinski definition) is 4. The van der Waals surface area contributed by atoms with Crippen molar-refractivity contribution in [3.63, 3.8) is 0 Å². The van der Waals surface area contributed by atoms with E-state index in [-0.39, 0.29) is 34.6 Å². The number of sulfonamides is 1. The minimum atomic E-state index is -3.65. The van der Waals surface area contributed by atoms with E-state index in [1.165, 1.54) is 0 Å². The van der Waals surface area contributed by atoms with Crippen LogP contribution in [0.5, 0.6) is 0 Å². The van der Waals surface area contributed by atoms with Crippen molar-refractivity contribution in [3.8, 4) is 0 Å². The summed E-state index contributed by atoms with van der Waals surface area (Å²) in [6.45, 7) is 7.93. The Kier molecular flexibility index (Phi) is 8.87. The summed E-state index contributed by atoms with van der Waals surface area (Å²) in [6, 6.07) is 23.7. The molecule has 3 aromatic carbocycles. The Labute approximate surface area is 231 Å². The minimum Gasteiger partial charge on any atom is -0.352 e. The van der Waals surface area contributed by atoms with Gasteiger partial charge in [-0.3, -0.25) is 9.59 Å². The van der Waals surface area contributed by atoms with Gasteiger partial charge < -0.3 is 10.2 Å². The van der Waals surface area contributed by atoms with Crippen LogP contribution in [-0.4, -0.2) is 38.2 Å². The van der Waals surface area contributed by atoms with Crippen LogP contribution in [-0.2, 0) is 33.3 Å². The van der Waals surface area contributed by atoms with Crippen molar-refractivity contribution in [2.45, 2.75) is 57.0 Å². The third-order valence-corrected chi connectivity index (χ3v) is 8.58. The van der Waals surface area contributed by atoms with Crippen molar-refractivity contribution in [2.24, 2.45) is 5.92 Å². The number of carbonyl (C=O) groups is 2. The molecule has 0 saturated carbocycles. The van der Waals surface area contributed by atoms with Crippen LogP contribution in [0.4, 0.5) is 0 Å². The van der Waals surface area contributed by atoms with E-state index < -0.39 is 10.0 Å². The standard InChI is InChI=1S/C31H37N3O4S/c1-31(2,3)27-13-15-28(16-14-27)39(37,38)33-22-24-9-11-26(12-10-24)30(36)34-19-17-25(18-20-34)29(35)32-21-23-7-5-4-6-8-23/h4-16,25,33H,17-22H2,1-3H3,(H,32,35). The number of likely N-dealkylation sites (tertiary alicyclic amines) is 1. The fraction of sp³-hybridized carbons (Fsp3) is 0.355. The van der Waals surface area contributed by atoms with Crippen LogP contribution >= 0.6 is 0 Å². The molecule has 1 fully saturated rings. The van der Waals surface area contributed by atoms with Gasteiger partial charge in [0, 0.05) is 37.7 Å². The summed E-state index contributed by atoms with van der Waals surface area (Å²) in [5, 5.41) is 3.00. The number of hydrogen-bond donors (Lipinski definition) is 2. The molecule has 1 heterocycles. The molecule has 1 aliphatic rings. The van der Waals surface area contributed by atoms with Gasteiger partial charge >= 0.3 is 0 Å². The Balaban J connectivity index is 1.26. The molecule has 0 radical (unpaired) electrons. The average molecular weight is 548 g/mol. The molecular formula is C31H37N3O4S. The molecule has 206 valence electrons. The Morgan fingerprint density at radius 2 is 1.41 bits per heavy atom. The van der Waals surface area contributed by atoms with Crippen molar-refractivity contribution in [3.05, 3.63) is 101 Å². The Morgan fingerprint density at radius 1 is 0.821 bits per heavy atom. The normalized spacial score (nSPS) is 14.7. The summed E-state index contributed by atoms with van der Waals surface area (Å²) < 4.78 is 28.1. The SMILES string of the molecule is CC(C)(C)c1ccc(S(=O)(=O)NCc2ccc(C(=O)N3CCC(C(=O)NCc4ccccc4)CC3)cc2)cc1. The van der Waals surface area contributed by atoms with Crippen LogP contribution in [0.15, 0.2) is 83.8 Å². The highest BCUT2D eigenvalue weighted by molar-refractivity contribution is 7.89. The molecule has 0 aromatic heterocycles. The smallest absolute Gasteiger partial charge is 0.253 e. The molecule has 3 aromatic rings. The van der Waals surface area contributed by atoms with Gasteiger partial charge in [-0.05, 0) is 59.2 Å². The summed E-state index contributed by atoms with van der Waals surface area (Å²) in [7, 11) is -3.65. The van der Waals surface area contributed by atoms with Crippen LogP contribution < -0.4 is 10.0 Å². The molecule has 2 amide bonds. The maximum absolute atomic E-state index is 13.0. The predicted molar refractivity (Wildman–Crippen MR) is 153 cm³/mol. The van der Waals surface area contributed by atoms with E-state index in [0.717, 1.165) is 16.7 Å². The average Bonchev–Trinajstić information content (AvgIpc) is 2.95. The van der Waals surface area contributed by atoms with Gasteiger partial charge in [0.05, 0.1) is 4.90 Å². The fourth-order valence-electron chi connectivity index (χ4n) is 4.62. The van der Waals surface area contributed by atoms with Crippen molar-refractivity contribution in [2.75, 3.05) is 13.1 Å². The van der Waals surface area contributed by atoms with Crippen molar-refractivity contribution in [1.29, 1.82) is 0 Å². The van der Waals surface area contributed by atoms with Crippen LogP contribution in [0.3, 0.4) is 0 Å². The first-order chi connectivity index (χ1) is 18.5. The van der Waals surface area contributed by atoms with Gasteiger partial charge in [-0.1, -0.05) is 75.4 Å². The molecular weight excluding hydrogens is 510 g/mol. The van der Waals surface area contributed by atoms with Gasteiger partial charge in [0.2, 0.25) is 15.9 Å². The summed E-state index contributed by atoms with van der Waals surface area (Å²) in [4.78, 5) is 27.6. The van der Waals surface area contributed by atoms with E-state index in [4.69, 9.17) is 0 Å². The molecule has 0 atom stereocenters. The van der Waals surface area contributed by atoms with Crippen LogP contribution in [0.2, 0.25) is 0 Å². The Bertz CT molecular complexity index is 1370. The quantitative estimate of drug-likeness (QED) is 0.430. The van der Waals surface area contributed by atoms with E-state index in [0.29, 0.717) is 38.0 Å². The van der Waals surface area contributed by atoms with Crippen molar-refractivity contribution < 1.29 is 18.0 Å². The van der Waals surface area contributed by atoms with Gasteiger partial charge in [0.15, 0.2) is 0 Å². The van der Waals surface area contributed by atoms with Gasteiger partial charge in [0.1, 0.15) is 0 Å². The van der Waals surface area contributed by atoms with E-state index in [1.807, 2.05) is 42.5 Å². The first-order valence-electron chi connectivity index (χ1n) is 13.3. The number of amides is 2. The molecule has 0 aliphatic carbocycles. The van der Waals surface area contributed by atoms with E-state index in [2.05, 4.69) is 30.8 Å². The molecule has 0 spiro atoms. The van der Waals surface area contributed by atoms with E-state index >= 15 is 0 Å². The summed E-state index contributed by atoms with van der Waals surface area (Å²) >= 11 is 0. The molecule has 4 rings (SSSR count). The van der Waals surface area contributed by atoms with Gasteiger partial charge in [-0.15, -0.1) is 0 Å². The van der Waals surface area contributed by atoms with Crippen LogP contribution in [0, 0.1) is 5.92 Å². The molecule has 0 bridgehead atoms. The van der Waals surface area contributed by atoms with Crippen LogP contribution in [0.1, 0.15) is 60.7 Å². The van der Waals surface area contributed by atoms with E-state index in [1.54, 1.807) is 41.3 Å². The number of carbonyl (C=O) groups excluding carboxylic acids is 2. The highest BCUT2D eigenvalue weighted by Gasteiger charge is 2.27. The highest BCUT2D eigenvalue weighted by Crippen LogP contribution is 2.24.